The van der Waals surface area contributed by atoms with Gasteiger partial charge in [-0.25, -0.2) is 4.79 Å². The minimum atomic E-state index is -0.526. The van der Waals surface area contributed by atoms with Gasteiger partial charge in [-0.15, -0.1) is 0 Å². The van der Waals surface area contributed by atoms with E-state index in [0.717, 1.165) is 0 Å². The van der Waals surface area contributed by atoms with E-state index in [1.807, 2.05) is 0 Å². The molecular formula is C8H12N2O2. The highest BCUT2D eigenvalue weighted by molar-refractivity contribution is 6.45. The maximum atomic E-state index is 11.1. The van der Waals surface area contributed by atoms with Crippen molar-refractivity contribution in [1.82, 2.24) is 5.32 Å². The van der Waals surface area contributed by atoms with Crippen molar-refractivity contribution in [2.45, 2.75) is 13.8 Å². The van der Waals surface area contributed by atoms with Gasteiger partial charge in [0.05, 0.1) is 5.71 Å². The Labute approximate surface area is 71.4 Å². The molecule has 0 aromatic heterocycles. The molecule has 0 fully saturated rings. The SMILES string of the molecule is C=C(C)C(=O)/C(C)=N/C(=O)NC. The number of allylic oxidation sites excluding steroid dienone is 1. The Morgan fingerprint density at radius 2 is 1.83 bits per heavy atom. The van der Waals surface area contributed by atoms with E-state index in [2.05, 4.69) is 16.9 Å². The van der Waals surface area contributed by atoms with Gasteiger partial charge in [-0.3, -0.25) is 4.79 Å². The number of amides is 2. The van der Waals surface area contributed by atoms with Gasteiger partial charge >= 0.3 is 6.03 Å². The highest BCUT2D eigenvalue weighted by Gasteiger charge is 2.07. The number of ketones is 1. The molecule has 0 aliphatic heterocycles. The van der Waals surface area contributed by atoms with Crippen molar-refractivity contribution in [2.24, 2.45) is 4.99 Å². The van der Waals surface area contributed by atoms with Crippen molar-refractivity contribution in [3.8, 4) is 0 Å². The summed E-state index contributed by atoms with van der Waals surface area (Å²) in [5, 5.41) is 2.28. The topological polar surface area (TPSA) is 58.5 Å². The highest BCUT2D eigenvalue weighted by atomic mass is 16.2. The summed E-state index contributed by atoms with van der Waals surface area (Å²) in [4.78, 5) is 25.2. The summed E-state index contributed by atoms with van der Waals surface area (Å²) in [6.07, 6.45) is 0. The number of nitrogens with one attached hydrogen (secondary N) is 1. The number of carbonyl (C=O) groups excluding carboxylic acids is 2. The van der Waals surface area contributed by atoms with Crippen LogP contribution in [0.4, 0.5) is 4.79 Å². The number of hydrogen-bond donors (Lipinski definition) is 1. The maximum absolute atomic E-state index is 11.1. The lowest BCUT2D eigenvalue weighted by Gasteiger charge is -1.97. The van der Waals surface area contributed by atoms with E-state index in [9.17, 15) is 9.59 Å². The van der Waals surface area contributed by atoms with E-state index in [-0.39, 0.29) is 11.5 Å². The first-order valence-corrected chi connectivity index (χ1v) is 3.46. The fraction of sp³-hybridized carbons (Fsp3) is 0.375. The average molecular weight is 168 g/mol. The molecule has 0 unspecified atom stereocenters. The normalized spacial score (nSPS) is 10.8. The summed E-state index contributed by atoms with van der Waals surface area (Å²) in [7, 11) is 1.45. The molecule has 4 nitrogen and oxygen atoms in total. The third kappa shape index (κ3) is 3.09. The van der Waals surface area contributed by atoms with Crippen molar-refractivity contribution in [3.05, 3.63) is 12.2 Å². The van der Waals surface area contributed by atoms with Crippen LogP contribution in [0.15, 0.2) is 17.1 Å². The summed E-state index contributed by atoms with van der Waals surface area (Å²) in [6, 6.07) is -0.526. The van der Waals surface area contributed by atoms with Gasteiger partial charge in [-0.2, -0.15) is 4.99 Å². The van der Waals surface area contributed by atoms with Crippen molar-refractivity contribution >= 4 is 17.5 Å². The molecule has 0 rings (SSSR count). The summed E-state index contributed by atoms with van der Waals surface area (Å²) >= 11 is 0. The van der Waals surface area contributed by atoms with Crippen molar-refractivity contribution in [1.29, 1.82) is 0 Å². The first-order chi connectivity index (χ1) is 5.49. The van der Waals surface area contributed by atoms with Gasteiger partial charge in [-0.1, -0.05) is 6.58 Å². The maximum Gasteiger partial charge on any atom is 0.341 e. The van der Waals surface area contributed by atoms with Crippen LogP contribution < -0.4 is 5.32 Å². The van der Waals surface area contributed by atoms with Crippen LogP contribution in [0.5, 0.6) is 0 Å². The van der Waals surface area contributed by atoms with Crippen LogP contribution in [0.1, 0.15) is 13.8 Å². The standard InChI is InChI=1S/C8H12N2O2/c1-5(2)7(11)6(3)10-8(12)9-4/h1H2,2-4H3,(H,9,12)/b10-6+. The van der Waals surface area contributed by atoms with E-state index in [4.69, 9.17) is 0 Å². The van der Waals surface area contributed by atoms with Gasteiger partial charge in [0.25, 0.3) is 0 Å². The van der Waals surface area contributed by atoms with Gasteiger partial charge in [0.2, 0.25) is 5.78 Å². The Hall–Kier alpha value is -1.45. The molecule has 0 saturated carbocycles. The minimum Gasteiger partial charge on any atom is -0.339 e. The molecular weight excluding hydrogens is 156 g/mol. The Morgan fingerprint density at radius 3 is 2.17 bits per heavy atom. The lowest BCUT2D eigenvalue weighted by atomic mass is 10.1. The quantitative estimate of drug-likeness (QED) is 0.492. The van der Waals surface area contributed by atoms with Gasteiger partial charge in [-0.05, 0) is 19.4 Å². The number of carbonyl (C=O) groups is 2. The largest absolute Gasteiger partial charge is 0.341 e. The second-order valence-electron chi connectivity index (χ2n) is 2.36. The molecule has 4 heteroatoms. The second-order valence-corrected chi connectivity index (χ2v) is 2.36. The fourth-order valence-electron chi connectivity index (χ4n) is 0.568. The Morgan fingerprint density at radius 1 is 1.33 bits per heavy atom. The molecule has 12 heavy (non-hydrogen) atoms. The predicted octanol–water partition coefficient (Wildman–Crippen LogP) is 0.932. The lowest BCUT2D eigenvalue weighted by molar-refractivity contribution is -0.109. The highest BCUT2D eigenvalue weighted by Crippen LogP contribution is 1.93. The molecule has 0 bridgehead atoms. The van der Waals surface area contributed by atoms with Crippen molar-refractivity contribution in [3.63, 3.8) is 0 Å². The Kier molecular flexibility index (Phi) is 3.90. The van der Waals surface area contributed by atoms with Crippen LogP contribution in [-0.4, -0.2) is 24.6 Å². The van der Waals surface area contributed by atoms with Crippen LogP contribution in [0.25, 0.3) is 0 Å². The minimum absolute atomic E-state index is 0.154. The first-order valence-electron chi connectivity index (χ1n) is 3.46. The summed E-state index contributed by atoms with van der Waals surface area (Å²) in [5.41, 5.74) is 0.530. The van der Waals surface area contributed by atoms with E-state index in [1.54, 1.807) is 6.92 Å². The van der Waals surface area contributed by atoms with Crippen LogP contribution >= 0.6 is 0 Å². The molecule has 0 spiro atoms. The fourth-order valence-corrected chi connectivity index (χ4v) is 0.568. The summed E-state index contributed by atoms with van der Waals surface area (Å²) < 4.78 is 0. The number of aliphatic imine (C=N–C) groups is 1. The van der Waals surface area contributed by atoms with Crippen LogP contribution in [0.3, 0.4) is 0 Å². The number of rotatable bonds is 2. The van der Waals surface area contributed by atoms with Gasteiger partial charge in [0.1, 0.15) is 0 Å². The third-order valence-corrected chi connectivity index (χ3v) is 1.20. The van der Waals surface area contributed by atoms with E-state index < -0.39 is 6.03 Å². The molecule has 0 aliphatic carbocycles. The molecule has 0 aromatic rings. The monoisotopic (exact) mass is 168 g/mol. The zero-order valence-electron chi connectivity index (χ0n) is 7.47. The molecule has 0 aliphatic rings. The summed E-state index contributed by atoms with van der Waals surface area (Å²) in [5.74, 6) is -0.293. The van der Waals surface area contributed by atoms with Crippen LogP contribution in [-0.2, 0) is 4.79 Å². The molecule has 0 saturated heterocycles. The van der Waals surface area contributed by atoms with Crippen LogP contribution in [0, 0.1) is 0 Å². The molecule has 0 atom stereocenters. The van der Waals surface area contributed by atoms with Gasteiger partial charge in [0.15, 0.2) is 0 Å². The van der Waals surface area contributed by atoms with Crippen molar-refractivity contribution < 1.29 is 9.59 Å². The summed E-state index contributed by atoms with van der Waals surface area (Å²) in [6.45, 7) is 6.50. The Bertz CT molecular complexity index is 254. The molecule has 0 radical (unpaired) electrons. The zero-order chi connectivity index (χ0) is 9.72. The van der Waals surface area contributed by atoms with E-state index in [1.165, 1.54) is 14.0 Å². The Balaban J connectivity index is 4.48. The molecule has 2 amide bonds. The van der Waals surface area contributed by atoms with E-state index >= 15 is 0 Å². The van der Waals surface area contributed by atoms with E-state index in [0.29, 0.717) is 5.57 Å². The lowest BCUT2D eigenvalue weighted by Crippen LogP contribution is -2.18. The predicted molar refractivity (Wildman–Crippen MR) is 47.4 cm³/mol. The average Bonchev–Trinajstić information content (AvgIpc) is 2.02. The van der Waals surface area contributed by atoms with Crippen LogP contribution in [0.2, 0.25) is 0 Å². The zero-order valence-corrected chi connectivity index (χ0v) is 7.47. The molecule has 0 aromatic carbocycles. The number of urea groups is 1. The third-order valence-electron chi connectivity index (χ3n) is 1.20. The molecule has 0 heterocycles. The number of nitrogens with zero attached hydrogens (tertiary/aromatic N) is 1. The van der Waals surface area contributed by atoms with Gasteiger partial charge < -0.3 is 5.32 Å². The number of Topliss-reactive ketones (excluding diaryl/α,β-unsaturated/α-hetero) is 1. The number of hydrogen-bond acceptors (Lipinski definition) is 2. The molecule has 66 valence electrons. The van der Waals surface area contributed by atoms with Crippen molar-refractivity contribution in [2.75, 3.05) is 7.05 Å². The second kappa shape index (κ2) is 4.43. The van der Waals surface area contributed by atoms with Gasteiger partial charge in [0, 0.05) is 7.05 Å². The molecule has 1 N–H and O–H groups in total. The smallest absolute Gasteiger partial charge is 0.339 e. The first kappa shape index (κ1) is 10.6.